The van der Waals surface area contributed by atoms with Gasteiger partial charge in [-0.15, -0.1) is 11.3 Å². The molecule has 5 nitrogen and oxygen atoms in total. The molecule has 1 N–H and O–H groups in total. The predicted octanol–water partition coefficient (Wildman–Crippen LogP) is 3.72. The topological polar surface area (TPSA) is 68.3 Å². The van der Waals surface area contributed by atoms with Gasteiger partial charge in [-0.3, -0.25) is 4.79 Å². The lowest BCUT2D eigenvalue weighted by molar-refractivity contribution is -0.150. The summed E-state index contributed by atoms with van der Waals surface area (Å²) in [6, 6.07) is 16.5. The molecule has 0 aliphatic heterocycles. The third kappa shape index (κ3) is 5.14. The summed E-state index contributed by atoms with van der Waals surface area (Å²) in [5, 5.41) is 3.54. The molecule has 0 saturated heterocycles. The van der Waals surface area contributed by atoms with Crippen LogP contribution in [0.4, 0.5) is 0 Å². The summed E-state index contributed by atoms with van der Waals surface area (Å²) in [4.78, 5) is 29.3. The van der Waals surface area contributed by atoms with Crippen molar-refractivity contribution >= 4 is 33.4 Å². The van der Waals surface area contributed by atoms with Gasteiger partial charge in [0.25, 0.3) is 0 Å². The monoisotopic (exact) mass is 382 g/mol. The molecule has 0 spiro atoms. The maximum Gasteiger partial charge on any atom is 0.329 e. The number of fused-ring (bicyclic) bond motifs is 1. The molecule has 6 heteroatoms. The van der Waals surface area contributed by atoms with Gasteiger partial charge in [0.05, 0.1) is 16.6 Å². The highest BCUT2D eigenvalue weighted by Gasteiger charge is 2.26. The van der Waals surface area contributed by atoms with E-state index >= 15 is 0 Å². The molecule has 1 unspecified atom stereocenters. The third-order valence-electron chi connectivity index (χ3n) is 4.12. The SMILES string of the molecule is CC(C)C(NC(=O)Cc1ccccc1)C(=O)OCc1nc2ccccc2s1. The number of carbonyl (C=O) groups excluding carboxylic acids is 2. The Hall–Kier alpha value is -2.73. The van der Waals surface area contributed by atoms with Gasteiger partial charge >= 0.3 is 5.97 Å². The van der Waals surface area contributed by atoms with E-state index in [1.807, 2.05) is 68.4 Å². The van der Waals surface area contributed by atoms with Crippen molar-refractivity contribution in [2.45, 2.75) is 32.9 Å². The fraction of sp³-hybridized carbons (Fsp3) is 0.286. The Labute approximate surface area is 162 Å². The van der Waals surface area contributed by atoms with Crippen LogP contribution in [-0.2, 0) is 27.4 Å². The Kier molecular flexibility index (Phi) is 6.19. The van der Waals surface area contributed by atoms with Crippen LogP contribution in [0.5, 0.6) is 0 Å². The van der Waals surface area contributed by atoms with Gasteiger partial charge in [0, 0.05) is 0 Å². The van der Waals surface area contributed by atoms with Gasteiger partial charge in [0.1, 0.15) is 17.7 Å². The number of rotatable bonds is 7. The first kappa shape index (κ1) is 19.0. The average molecular weight is 382 g/mol. The van der Waals surface area contributed by atoms with Crippen LogP contribution in [0.15, 0.2) is 54.6 Å². The molecule has 140 valence electrons. The number of nitrogens with zero attached hydrogens (tertiary/aromatic N) is 1. The smallest absolute Gasteiger partial charge is 0.329 e. The molecule has 0 fully saturated rings. The molecule has 0 aliphatic rings. The number of hydrogen-bond acceptors (Lipinski definition) is 5. The highest BCUT2D eigenvalue weighted by Crippen LogP contribution is 2.22. The first-order valence-corrected chi connectivity index (χ1v) is 9.69. The lowest BCUT2D eigenvalue weighted by atomic mass is 10.0. The molecule has 3 rings (SSSR count). The molecule has 0 radical (unpaired) electrons. The summed E-state index contributed by atoms with van der Waals surface area (Å²) in [7, 11) is 0. The van der Waals surface area contributed by atoms with E-state index < -0.39 is 12.0 Å². The zero-order chi connectivity index (χ0) is 19.2. The summed E-state index contributed by atoms with van der Waals surface area (Å²) in [6.45, 7) is 3.87. The Bertz CT molecular complexity index is 888. The second-order valence-electron chi connectivity index (χ2n) is 6.63. The number of carbonyl (C=O) groups is 2. The van der Waals surface area contributed by atoms with Crippen LogP contribution >= 0.6 is 11.3 Å². The van der Waals surface area contributed by atoms with E-state index in [1.54, 1.807) is 0 Å². The van der Waals surface area contributed by atoms with Gasteiger partial charge in [0.2, 0.25) is 5.91 Å². The zero-order valence-corrected chi connectivity index (χ0v) is 16.2. The van der Waals surface area contributed by atoms with Gasteiger partial charge in [-0.05, 0) is 23.6 Å². The molecular weight excluding hydrogens is 360 g/mol. The lowest BCUT2D eigenvalue weighted by Gasteiger charge is -2.20. The summed E-state index contributed by atoms with van der Waals surface area (Å²) < 4.78 is 6.48. The molecule has 1 aromatic heterocycles. The number of hydrogen-bond donors (Lipinski definition) is 1. The van der Waals surface area contributed by atoms with Crippen molar-refractivity contribution in [1.82, 2.24) is 10.3 Å². The Morgan fingerprint density at radius 3 is 2.48 bits per heavy atom. The number of aromatic nitrogens is 1. The van der Waals surface area contributed by atoms with Crippen LogP contribution in [0.3, 0.4) is 0 Å². The maximum absolute atomic E-state index is 12.5. The minimum absolute atomic E-state index is 0.0763. The standard InChI is InChI=1S/C21H22N2O3S/c1-14(2)20(23-18(24)12-15-8-4-3-5-9-15)21(25)26-13-19-22-16-10-6-7-11-17(16)27-19/h3-11,14,20H,12-13H2,1-2H3,(H,23,24). The quantitative estimate of drug-likeness (QED) is 0.632. The van der Waals surface area contributed by atoms with Crippen molar-refractivity contribution < 1.29 is 14.3 Å². The van der Waals surface area contributed by atoms with Crippen molar-refractivity contribution in [3.8, 4) is 0 Å². The molecule has 3 aromatic rings. The molecule has 0 saturated carbocycles. The minimum Gasteiger partial charge on any atom is -0.457 e. The lowest BCUT2D eigenvalue weighted by Crippen LogP contribution is -2.45. The highest BCUT2D eigenvalue weighted by atomic mass is 32.1. The number of amides is 1. The number of para-hydroxylation sites is 1. The van der Waals surface area contributed by atoms with Gasteiger partial charge in [0.15, 0.2) is 0 Å². The number of thiazole rings is 1. The summed E-state index contributed by atoms with van der Waals surface area (Å²) in [5.74, 6) is -0.713. The van der Waals surface area contributed by atoms with Gasteiger partial charge < -0.3 is 10.1 Å². The summed E-state index contributed by atoms with van der Waals surface area (Å²) in [5.41, 5.74) is 1.80. The zero-order valence-electron chi connectivity index (χ0n) is 15.3. The Morgan fingerprint density at radius 2 is 1.78 bits per heavy atom. The predicted molar refractivity (Wildman–Crippen MR) is 106 cm³/mol. The largest absolute Gasteiger partial charge is 0.457 e. The van der Waals surface area contributed by atoms with Crippen LogP contribution < -0.4 is 5.32 Å². The molecular formula is C21H22N2O3S. The van der Waals surface area contributed by atoms with Crippen molar-refractivity contribution in [3.05, 3.63) is 65.2 Å². The Balaban J connectivity index is 1.58. The van der Waals surface area contributed by atoms with Gasteiger partial charge in [-0.2, -0.15) is 0 Å². The van der Waals surface area contributed by atoms with Gasteiger partial charge in [-0.1, -0.05) is 56.3 Å². The first-order valence-electron chi connectivity index (χ1n) is 8.87. The van der Waals surface area contributed by atoms with Crippen LogP contribution in [0.1, 0.15) is 24.4 Å². The van der Waals surface area contributed by atoms with E-state index in [-0.39, 0.29) is 24.9 Å². The van der Waals surface area contributed by atoms with E-state index in [9.17, 15) is 9.59 Å². The molecule has 2 aromatic carbocycles. The van der Waals surface area contributed by atoms with E-state index in [0.29, 0.717) is 0 Å². The fourth-order valence-corrected chi connectivity index (χ4v) is 3.59. The second-order valence-corrected chi connectivity index (χ2v) is 7.75. The van der Waals surface area contributed by atoms with Crippen LogP contribution in [0.2, 0.25) is 0 Å². The number of benzene rings is 2. The van der Waals surface area contributed by atoms with Crippen LogP contribution in [0.25, 0.3) is 10.2 Å². The molecule has 0 bridgehead atoms. The fourth-order valence-electron chi connectivity index (χ4n) is 2.71. The van der Waals surface area contributed by atoms with Crippen LogP contribution in [-0.4, -0.2) is 22.9 Å². The number of ether oxygens (including phenoxy) is 1. The Morgan fingerprint density at radius 1 is 1.07 bits per heavy atom. The molecule has 1 amide bonds. The molecule has 1 atom stereocenters. The average Bonchev–Trinajstić information content (AvgIpc) is 3.08. The van der Waals surface area contributed by atoms with Crippen molar-refractivity contribution in [2.75, 3.05) is 0 Å². The normalized spacial score (nSPS) is 12.1. The number of esters is 1. The minimum atomic E-state index is -0.685. The van der Waals surface area contributed by atoms with E-state index in [1.165, 1.54) is 11.3 Å². The maximum atomic E-state index is 12.5. The molecule has 0 aliphatic carbocycles. The van der Waals surface area contributed by atoms with Crippen molar-refractivity contribution in [1.29, 1.82) is 0 Å². The highest BCUT2D eigenvalue weighted by molar-refractivity contribution is 7.18. The van der Waals surface area contributed by atoms with E-state index in [0.717, 1.165) is 20.8 Å². The van der Waals surface area contributed by atoms with Gasteiger partial charge in [-0.25, -0.2) is 9.78 Å². The third-order valence-corrected chi connectivity index (χ3v) is 5.13. The van der Waals surface area contributed by atoms with E-state index in [2.05, 4.69) is 10.3 Å². The number of nitrogens with one attached hydrogen (secondary N) is 1. The summed E-state index contributed by atoms with van der Waals surface area (Å²) in [6.07, 6.45) is 0.231. The second kappa shape index (κ2) is 8.77. The van der Waals surface area contributed by atoms with Crippen molar-refractivity contribution in [3.63, 3.8) is 0 Å². The summed E-state index contributed by atoms with van der Waals surface area (Å²) >= 11 is 1.50. The van der Waals surface area contributed by atoms with Crippen molar-refractivity contribution in [2.24, 2.45) is 5.92 Å². The van der Waals surface area contributed by atoms with Crippen LogP contribution in [0, 0.1) is 5.92 Å². The first-order chi connectivity index (χ1) is 13.0. The van der Waals surface area contributed by atoms with E-state index in [4.69, 9.17) is 4.74 Å². The molecule has 27 heavy (non-hydrogen) atoms. The molecule has 1 heterocycles.